The van der Waals surface area contributed by atoms with Gasteiger partial charge in [0.1, 0.15) is 5.60 Å². The number of pyridine rings is 4. The number of amides is 1. The molecule has 0 fully saturated rings. The van der Waals surface area contributed by atoms with Gasteiger partial charge in [0.15, 0.2) is 0 Å². The van der Waals surface area contributed by atoms with Crippen LogP contribution in [0, 0.1) is 0 Å². The van der Waals surface area contributed by atoms with Crippen molar-refractivity contribution >= 4 is 39.5 Å². The summed E-state index contributed by atoms with van der Waals surface area (Å²) in [4.78, 5) is 28.1. The second-order valence-electron chi connectivity index (χ2n) is 7.20. The van der Waals surface area contributed by atoms with Crippen LogP contribution >= 0.6 is 0 Å². The Bertz CT molecular complexity index is 1140. The number of ether oxygens (including phenoxy) is 1. The topological polar surface area (TPSA) is 116 Å². The van der Waals surface area contributed by atoms with E-state index in [2.05, 4.69) is 25.3 Å². The number of hydrogen-bond donors (Lipinski definition) is 2. The molecule has 8 nitrogen and oxygen atoms in total. The summed E-state index contributed by atoms with van der Waals surface area (Å²) in [6.07, 6.45) is 6.11. The highest BCUT2D eigenvalue weighted by molar-refractivity contribution is 5.87. The number of nitrogens with one attached hydrogen (secondary N) is 1. The van der Waals surface area contributed by atoms with Crippen molar-refractivity contribution in [3.05, 3.63) is 61.2 Å². The van der Waals surface area contributed by atoms with Crippen LogP contribution in [0.15, 0.2) is 61.2 Å². The van der Waals surface area contributed by atoms with Crippen LogP contribution in [0.25, 0.3) is 22.1 Å². The van der Waals surface area contributed by atoms with E-state index < -0.39 is 11.7 Å². The Kier molecular flexibility index (Phi) is 8.81. The van der Waals surface area contributed by atoms with E-state index in [1.54, 1.807) is 30.9 Å². The van der Waals surface area contributed by atoms with Crippen LogP contribution in [-0.2, 0) is 4.74 Å². The molecule has 0 aliphatic carbocycles. The maximum absolute atomic E-state index is 11.6. The number of nitrogens with zero attached hydrogens (tertiary/aromatic N) is 4. The maximum Gasteiger partial charge on any atom is 0.412 e. The predicted molar refractivity (Wildman–Crippen MR) is 127 cm³/mol. The van der Waals surface area contributed by atoms with E-state index in [1.807, 2.05) is 51.1 Å². The Labute approximate surface area is 182 Å². The van der Waals surface area contributed by atoms with Crippen molar-refractivity contribution in [1.29, 1.82) is 0 Å². The van der Waals surface area contributed by atoms with Crippen molar-refractivity contribution in [2.45, 2.75) is 41.2 Å². The first-order valence-corrected chi connectivity index (χ1v) is 8.97. The van der Waals surface area contributed by atoms with Crippen molar-refractivity contribution in [2.24, 2.45) is 0 Å². The van der Waals surface area contributed by atoms with Gasteiger partial charge >= 0.3 is 6.09 Å². The fourth-order valence-corrected chi connectivity index (χ4v) is 2.41. The number of carbonyl (C=O) groups is 1. The number of hydrogen-bond acceptors (Lipinski definition) is 7. The Morgan fingerprint density at radius 2 is 1.42 bits per heavy atom. The molecule has 4 rings (SSSR count). The summed E-state index contributed by atoms with van der Waals surface area (Å²) in [7, 11) is 0. The lowest BCUT2D eigenvalue weighted by molar-refractivity contribution is 0.0636. The van der Waals surface area contributed by atoms with Crippen LogP contribution in [0.4, 0.5) is 16.2 Å². The van der Waals surface area contributed by atoms with E-state index in [1.165, 1.54) is 0 Å². The molecular formula is C23H30N6O2. The lowest BCUT2D eigenvalue weighted by Crippen LogP contribution is -2.27. The number of nitrogens with two attached hydrogens (primary N) is 1. The molecule has 4 aromatic rings. The van der Waals surface area contributed by atoms with Gasteiger partial charge in [-0.3, -0.25) is 25.3 Å². The zero-order valence-electron chi connectivity index (χ0n) is 16.5. The number of anilines is 2. The standard InChI is InChI=1S/C13H15N3O2.C8H7N3.2CH4/c1-13(2,3)18-12(17)16-9-7-11-10(15-8-9)5-4-6-14-11;9-6-4-8-7(11-5-6)2-1-3-10-8;;/h4-8H,1-3H3,(H,16,17);1-5H,9H2;2*1H4. The van der Waals surface area contributed by atoms with Crippen LogP contribution in [0.3, 0.4) is 0 Å². The molecular weight excluding hydrogens is 392 g/mol. The Hall–Kier alpha value is -3.81. The van der Waals surface area contributed by atoms with Crippen molar-refractivity contribution in [3.8, 4) is 0 Å². The van der Waals surface area contributed by atoms with Crippen molar-refractivity contribution in [1.82, 2.24) is 19.9 Å². The summed E-state index contributed by atoms with van der Waals surface area (Å²) in [5, 5.41) is 2.63. The van der Waals surface area contributed by atoms with Crippen molar-refractivity contribution in [2.75, 3.05) is 11.1 Å². The number of fused-ring (bicyclic) bond motifs is 2. The first-order chi connectivity index (χ1) is 13.8. The zero-order valence-corrected chi connectivity index (χ0v) is 16.5. The molecule has 164 valence electrons. The predicted octanol–water partition coefficient (Wildman–Crippen LogP) is 5.46. The highest BCUT2D eigenvalue weighted by Gasteiger charge is 2.16. The molecule has 0 unspecified atom stereocenters. The van der Waals surface area contributed by atoms with Gasteiger partial charge in [-0.2, -0.15) is 0 Å². The SMILES string of the molecule is C.C.CC(C)(C)OC(=O)Nc1cnc2cccnc2c1.Nc1cnc2cccnc2c1. The van der Waals surface area contributed by atoms with E-state index >= 15 is 0 Å². The zero-order chi connectivity index (χ0) is 20.9. The second-order valence-corrected chi connectivity index (χ2v) is 7.20. The molecule has 4 heterocycles. The molecule has 0 saturated heterocycles. The third-order valence-corrected chi connectivity index (χ3v) is 3.57. The van der Waals surface area contributed by atoms with Gasteiger partial charge in [0, 0.05) is 12.4 Å². The minimum Gasteiger partial charge on any atom is -0.444 e. The van der Waals surface area contributed by atoms with E-state index in [0.29, 0.717) is 11.4 Å². The van der Waals surface area contributed by atoms with E-state index in [-0.39, 0.29) is 14.9 Å². The highest BCUT2D eigenvalue weighted by atomic mass is 16.6. The molecule has 8 heteroatoms. The lowest BCUT2D eigenvalue weighted by Gasteiger charge is -2.19. The lowest BCUT2D eigenvalue weighted by atomic mass is 10.2. The number of carbonyl (C=O) groups excluding carboxylic acids is 1. The molecule has 0 atom stereocenters. The van der Waals surface area contributed by atoms with E-state index in [9.17, 15) is 4.79 Å². The minimum absolute atomic E-state index is 0. The van der Waals surface area contributed by atoms with Crippen LogP contribution in [0.5, 0.6) is 0 Å². The van der Waals surface area contributed by atoms with Gasteiger partial charge in [0.25, 0.3) is 0 Å². The molecule has 0 bridgehead atoms. The van der Waals surface area contributed by atoms with Crippen LogP contribution in [0.2, 0.25) is 0 Å². The second kappa shape index (κ2) is 10.8. The smallest absolute Gasteiger partial charge is 0.412 e. The summed E-state index contributed by atoms with van der Waals surface area (Å²) in [6, 6.07) is 11.0. The molecule has 0 spiro atoms. The molecule has 4 aromatic heterocycles. The molecule has 0 aromatic carbocycles. The third-order valence-electron chi connectivity index (χ3n) is 3.57. The van der Waals surface area contributed by atoms with Gasteiger partial charge in [0.2, 0.25) is 0 Å². The van der Waals surface area contributed by atoms with Gasteiger partial charge < -0.3 is 10.5 Å². The summed E-state index contributed by atoms with van der Waals surface area (Å²) >= 11 is 0. The van der Waals surface area contributed by atoms with Crippen LogP contribution in [-0.4, -0.2) is 31.6 Å². The molecule has 3 N–H and O–H groups in total. The third kappa shape index (κ3) is 7.50. The quantitative estimate of drug-likeness (QED) is 0.418. The summed E-state index contributed by atoms with van der Waals surface area (Å²) < 4.78 is 5.16. The minimum atomic E-state index is -0.521. The van der Waals surface area contributed by atoms with Gasteiger partial charge in [-0.05, 0) is 57.2 Å². The first kappa shape index (κ1) is 25.2. The number of nitrogen functional groups attached to an aromatic ring is 1. The van der Waals surface area contributed by atoms with Gasteiger partial charge in [-0.25, -0.2) is 4.79 Å². The molecule has 0 aliphatic rings. The van der Waals surface area contributed by atoms with Crippen molar-refractivity contribution < 1.29 is 9.53 Å². The van der Waals surface area contributed by atoms with Gasteiger partial charge in [-0.1, -0.05) is 14.9 Å². The molecule has 31 heavy (non-hydrogen) atoms. The highest BCUT2D eigenvalue weighted by Crippen LogP contribution is 2.15. The summed E-state index contributed by atoms with van der Waals surface area (Å²) in [5.74, 6) is 0. The summed E-state index contributed by atoms with van der Waals surface area (Å²) in [6.45, 7) is 5.44. The number of rotatable bonds is 1. The van der Waals surface area contributed by atoms with Gasteiger partial charge in [-0.15, -0.1) is 0 Å². The molecule has 0 saturated carbocycles. The summed E-state index contributed by atoms with van der Waals surface area (Å²) in [5.41, 5.74) is 9.44. The van der Waals surface area contributed by atoms with Crippen molar-refractivity contribution in [3.63, 3.8) is 0 Å². The first-order valence-electron chi connectivity index (χ1n) is 8.97. The average molecular weight is 423 g/mol. The Morgan fingerprint density at radius 3 is 2.00 bits per heavy atom. The van der Waals surface area contributed by atoms with Crippen LogP contribution in [0.1, 0.15) is 35.6 Å². The van der Waals surface area contributed by atoms with Gasteiger partial charge in [0.05, 0.1) is 45.8 Å². The Morgan fingerprint density at radius 1 is 0.871 bits per heavy atom. The fourth-order valence-electron chi connectivity index (χ4n) is 2.41. The molecule has 0 aliphatic heterocycles. The van der Waals surface area contributed by atoms with Crippen LogP contribution < -0.4 is 11.1 Å². The average Bonchev–Trinajstić information content (AvgIpc) is 2.67. The maximum atomic E-state index is 11.6. The largest absolute Gasteiger partial charge is 0.444 e. The molecule has 1 amide bonds. The number of aromatic nitrogens is 4. The monoisotopic (exact) mass is 422 g/mol. The van der Waals surface area contributed by atoms with E-state index in [4.69, 9.17) is 10.5 Å². The normalized spacial score (nSPS) is 10.2. The molecule has 0 radical (unpaired) electrons. The Balaban J connectivity index is 0.000000320. The fraction of sp³-hybridized carbons (Fsp3) is 0.261. The van der Waals surface area contributed by atoms with E-state index in [0.717, 1.165) is 22.1 Å².